The number of hydrogen-bond donors (Lipinski definition) is 2. The number of nitrogens with one attached hydrogen (secondary N) is 1. The largest absolute Gasteiger partial charge is 0.488 e. The van der Waals surface area contributed by atoms with Crippen LogP contribution in [0.5, 0.6) is 5.75 Å². The van der Waals surface area contributed by atoms with E-state index in [0.717, 1.165) is 38.8 Å². The number of nitrogens with two attached hydrogens (primary N) is 1. The van der Waals surface area contributed by atoms with Gasteiger partial charge in [-0.2, -0.15) is 0 Å². The summed E-state index contributed by atoms with van der Waals surface area (Å²) in [5.74, 6) is 0.615. The summed E-state index contributed by atoms with van der Waals surface area (Å²) >= 11 is 0. The molecule has 0 aromatic heterocycles. The summed E-state index contributed by atoms with van der Waals surface area (Å²) in [6, 6.07) is 5.60. The van der Waals surface area contributed by atoms with Gasteiger partial charge in [-0.15, -0.1) is 0 Å². The average molecular weight is 317 g/mol. The molecule has 126 valence electrons. The van der Waals surface area contributed by atoms with Crippen molar-refractivity contribution in [1.29, 1.82) is 0 Å². The Labute approximate surface area is 138 Å². The van der Waals surface area contributed by atoms with Crippen LogP contribution in [0, 0.1) is 0 Å². The molecule has 0 spiro atoms. The fraction of sp³-hybridized carbons (Fsp3) is 0.611. The normalized spacial score (nSPS) is 20.6. The molecule has 1 amide bonds. The van der Waals surface area contributed by atoms with Gasteiger partial charge in [0.2, 0.25) is 0 Å². The number of benzene rings is 1. The van der Waals surface area contributed by atoms with Crippen LogP contribution in [0.15, 0.2) is 18.2 Å². The summed E-state index contributed by atoms with van der Waals surface area (Å²) in [4.78, 5) is 14.8. The third-order valence-electron chi connectivity index (χ3n) is 4.93. The van der Waals surface area contributed by atoms with Crippen LogP contribution < -0.4 is 15.8 Å². The number of anilines is 1. The van der Waals surface area contributed by atoms with Crippen LogP contribution in [-0.2, 0) is 0 Å². The van der Waals surface area contributed by atoms with E-state index in [-0.39, 0.29) is 18.1 Å². The molecule has 1 saturated heterocycles. The molecule has 2 aliphatic rings. The van der Waals surface area contributed by atoms with Crippen molar-refractivity contribution in [2.45, 2.75) is 50.7 Å². The molecule has 0 atom stereocenters. The second-order valence-electron chi connectivity index (χ2n) is 6.83. The van der Waals surface area contributed by atoms with Gasteiger partial charge in [-0.25, -0.2) is 0 Å². The topological polar surface area (TPSA) is 67.6 Å². The number of nitrogen functional groups attached to an aromatic ring is 1. The standard InChI is InChI=1S/C18H27N3O2/c1-21-10-8-14(9-11-21)20-18(22)13-6-7-16(19)17(12-13)23-15-4-2-3-5-15/h6-7,12,14-15H,2-5,8-11,19H2,1H3,(H,20,22). The monoisotopic (exact) mass is 317 g/mol. The van der Waals surface area contributed by atoms with Gasteiger partial charge in [0.15, 0.2) is 0 Å². The van der Waals surface area contributed by atoms with E-state index in [4.69, 9.17) is 10.5 Å². The molecule has 1 aromatic rings. The summed E-state index contributed by atoms with van der Waals surface area (Å²) in [6.07, 6.45) is 6.81. The highest BCUT2D eigenvalue weighted by atomic mass is 16.5. The van der Waals surface area contributed by atoms with E-state index >= 15 is 0 Å². The lowest BCUT2D eigenvalue weighted by Crippen LogP contribution is -2.43. The summed E-state index contributed by atoms with van der Waals surface area (Å²) < 4.78 is 5.99. The molecule has 0 unspecified atom stereocenters. The Balaban J connectivity index is 1.63. The lowest BCUT2D eigenvalue weighted by molar-refractivity contribution is 0.0916. The third-order valence-corrected chi connectivity index (χ3v) is 4.93. The highest BCUT2D eigenvalue weighted by Crippen LogP contribution is 2.29. The second-order valence-corrected chi connectivity index (χ2v) is 6.83. The van der Waals surface area contributed by atoms with Gasteiger partial charge < -0.3 is 20.7 Å². The van der Waals surface area contributed by atoms with Gasteiger partial charge in [0.05, 0.1) is 11.8 Å². The van der Waals surface area contributed by atoms with Crippen LogP contribution in [0.25, 0.3) is 0 Å². The molecule has 3 rings (SSSR count). The lowest BCUT2D eigenvalue weighted by atomic mass is 10.0. The van der Waals surface area contributed by atoms with Crippen LogP contribution in [0.3, 0.4) is 0 Å². The SMILES string of the molecule is CN1CCC(NC(=O)c2ccc(N)c(OC3CCCC3)c2)CC1. The van der Waals surface area contributed by atoms with Crippen LogP contribution in [-0.4, -0.2) is 43.1 Å². The lowest BCUT2D eigenvalue weighted by Gasteiger charge is -2.29. The first-order valence-corrected chi connectivity index (χ1v) is 8.67. The Bertz CT molecular complexity index is 547. The van der Waals surface area contributed by atoms with Crippen molar-refractivity contribution in [1.82, 2.24) is 10.2 Å². The zero-order valence-electron chi connectivity index (χ0n) is 13.9. The molecule has 1 aliphatic carbocycles. The van der Waals surface area contributed by atoms with Gasteiger partial charge in [0.25, 0.3) is 5.91 Å². The molecule has 0 radical (unpaired) electrons. The number of piperidine rings is 1. The molecule has 5 nitrogen and oxygen atoms in total. The first kappa shape index (κ1) is 16.1. The van der Waals surface area contributed by atoms with Crippen molar-refractivity contribution in [2.75, 3.05) is 25.9 Å². The Hall–Kier alpha value is -1.75. The average Bonchev–Trinajstić information content (AvgIpc) is 3.05. The van der Waals surface area contributed by atoms with Gasteiger partial charge in [-0.05, 0) is 76.9 Å². The summed E-state index contributed by atoms with van der Waals surface area (Å²) in [7, 11) is 2.12. The second kappa shape index (κ2) is 7.21. The number of nitrogens with zero attached hydrogens (tertiary/aromatic N) is 1. The van der Waals surface area contributed by atoms with Gasteiger partial charge in [0, 0.05) is 11.6 Å². The number of hydrogen-bond acceptors (Lipinski definition) is 4. The third kappa shape index (κ3) is 4.16. The zero-order valence-corrected chi connectivity index (χ0v) is 13.9. The maximum absolute atomic E-state index is 12.5. The van der Waals surface area contributed by atoms with E-state index in [1.807, 2.05) is 0 Å². The Kier molecular flexibility index (Phi) is 5.06. The van der Waals surface area contributed by atoms with E-state index < -0.39 is 0 Å². The summed E-state index contributed by atoms with van der Waals surface area (Å²) in [5.41, 5.74) is 7.24. The van der Waals surface area contributed by atoms with Gasteiger partial charge in [-0.1, -0.05) is 0 Å². The minimum Gasteiger partial charge on any atom is -0.488 e. The van der Waals surface area contributed by atoms with Crippen molar-refractivity contribution in [3.05, 3.63) is 23.8 Å². The highest BCUT2D eigenvalue weighted by Gasteiger charge is 2.21. The Morgan fingerprint density at radius 1 is 1.22 bits per heavy atom. The first-order valence-electron chi connectivity index (χ1n) is 8.67. The molecule has 1 aromatic carbocycles. The number of carbonyl (C=O) groups excluding carboxylic acids is 1. The zero-order chi connectivity index (χ0) is 16.2. The van der Waals surface area contributed by atoms with Crippen LogP contribution in [0.1, 0.15) is 48.9 Å². The molecule has 1 aliphatic heterocycles. The first-order chi connectivity index (χ1) is 11.1. The van der Waals surface area contributed by atoms with E-state index in [2.05, 4.69) is 17.3 Å². The smallest absolute Gasteiger partial charge is 0.251 e. The fourth-order valence-electron chi connectivity index (χ4n) is 3.39. The van der Waals surface area contributed by atoms with Crippen molar-refractivity contribution in [3.63, 3.8) is 0 Å². The van der Waals surface area contributed by atoms with Gasteiger partial charge >= 0.3 is 0 Å². The predicted molar refractivity (Wildman–Crippen MR) is 91.7 cm³/mol. The Morgan fingerprint density at radius 3 is 2.61 bits per heavy atom. The molecular weight excluding hydrogens is 290 g/mol. The summed E-state index contributed by atoms with van der Waals surface area (Å²) in [6.45, 7) is 2.06. The molecule has 1 heterocycles. The Morgan fingerprint density at radius 2 is 1.91 bits per heavy atom. The minimum absolute atomic E-state index is 0.0316. The highest BCUT2D eigenvalue weighted by molar-refractivity contribution is 5.95. The molecule has 1 saturated carbocycles. The van der Waals surface area contributed by atoms with Gasteiger partial charge in [0.1, 0.15) is 5.75 Å². The van der Waals surface area contributed by atoms with Gasteiger partial charge in [-0.3, -0.25) is 4.79 Å². The quantitative estimate of drug-likeness (QED) is 0.837. The fourth-order valence-corrected chi connectivity index (χ4v) is 3.39. The van der Waals surface area contributed by atoms with Crippen molar-refractivity contribution in [2.24, 2.45) is 0 Å². The van der Waals surface area contributed by atoms with Crippen LogP contribution >= 0.6 is 0 Å². The van der Waals surface area contributed by atoms with Crippen molar-refractivity contribution >= 4 is 11.6 Å². The van der Waals surface area contributed by atoms with E-state index in [1.54, 1.807) is 18.2 Å². The predicted octanol–water partition coefficient (Wildman–Crippen LogP) is 2.41. The molecular formula is C18H27N3O2. The van der Waals surface area contributed by atoms with Crippen molar-refractivity contribution in [3.8, 4) is 5.75 Å². The molecule has 23 heavy (non-hydrogen) atoms. The minimum atomic E-state index is -0.0316. The number of likely N-dealkylation sites (tertiary alicyclic amines) is 1. The summed E-state index contributed by atoms with van der Waals surface area (Å²) in [5, 5.41) is 3.13. The maximum Gasteiger partial charge on any atom is 0.251 e. The maximum atomic E-state index is 12.5. The van der Waals surface area contributed by atoms with Crippen LogP contribution in [0.4, 0.5) is 5.69 Å². The van der Waals surface area contributed by atoms with E-state index in [9.17, 15) is 4.79 Å². The molecule has 5 heteroatoms. The van der Waals surface area contributed by atoms with E-state index in [1.165, 1.54) is 12.8 Å². The van der Waals surface area contributed by atoms with Crippen molar-refractivity contribution < 1.29 is 9.53 Å². The molecule has 0 bridgehead atoms. The molecule has 3 N–H and O–H groups in total. The number of ether oxygens (including phenoxy) is 1. The van der Waals surface area contributed by atoms with E-state index in [0.29, 0.717) is 17.0 Å². The number of amides is 1. The number of carbonyl (C=O) groups is 1. The van der Waals surface area contributed by atoms with Crippen LogP contribution in [0.2, 0.25) is 0 Å². The molecule has 2 fully saturated rings. The number of rotatable bonds is 4.